The standard InChI is InChI=1S/C15H20FN3O2/c1-2-13(20)18-7-4-8-19(10-9-18)15(21)11-5-3-6-12(16)14(11)17/h3,5-6H,2,4,7-10,17H2,1H3. The number of carbonyl (C=O) groups is 2. The first-order valence-electron chi connectivity index (χ1n) is 7.15. The van der Waals surface area contributed by atoms with Crippen LogP contribution in [-0.2, 0) is 4.79 Å². The summed E-state index contributed by atoms with van der Waals surface area (Å²) >= 11 is 0. The van der Waals surface area contributed by atoms with Crippen LogP contribution in [-0.4, -0.2) is 47.8 Å². The Kier molecular flexibility index (Phi) is 4.77. The number of hydrogen-bond acceptors (Lipinski definition) is 3. The highest BCUT2D eigenvalue weighted by atomic mass is 19.1. The monoisotopic (exact) mass is 293 g/mol. The number of nitrogen functional groups attached to an aromatic ring is 1. The number of amides is 2. The Morgan fingerprint density at radius 3 is 2.57 bits per heavy atom. The summed E-state index contributed by atoms with van der Waals surface area (Å²) in [7, 11) is 0. The Morgan fingerprint density at radius 2 is 1.86 bits per heavy atom. The smallest absolute Gasteiger partial charge is 0.256 e. The number of anilines is 1. The molecule has 1 aromatic carbocycles. The van der Waals surface area contributed by atoms with Crippen molar-refractivity contribution in [1.29, 1.82) is 0 Å². The van der Waals surface area contributed by atoms with Gasteiger partial charge in [-0.25, -0.2) is 4.39 Å². The molecule has 6 heteroatoms. The number of rotatable bonds is 2. The van der Waals surface area contributed by atoms with Crippen molar-refractivity contribution in [3.05, 3.63) is 29.6 Å². The average molecular weight is 293 g/mol. The lowest BCUT2D eigenvalue weighted by Gasteiger charge is -2.22. The maximum atomic E-state index is 13.5. The molecule has 0 aliphatic carbocycles. The van der Waals surface area contributed by atoms with E-state index in [-0.39, 0.29) is 23.1 Å². The van der Waals surface area contributed by atoms with Gasteiger partial charge in [-0.1, -0.05) is 13.0 Å². The molecule has 1 aliphatic rings. The Labute approximate surface area is 123 Å². The minimum atomic E-state index is -0.585. The zero-order valence-electron chi connectivity index (χ0n) is 12.1. The third-order valence-corrected chi connectivity index (χ3v) is 3.72. The molecule has 21 heavy (non-hydrogen) atoms. The van der Waals surface area contributed by atoms with Crippen molar-refractivity contribution in [1.82, 2.24) is 9.80 Å². The quantitative estimate of drug-likeness (QED) is 0.840. The van der Waals surface area contributed by atoms with Gasteiger partial charge in [0.05, 0.1) is 11.3 Å². The van der Waals surface area contributed by atoms with Crippen LogP contribution in [0.1, 0.15) is 30.1 Å². The molecule has 1 aromatic rings. The lowest BCUT2D eigenvalue weighted by Crippen LogP contribution is -2.37. The van der Waals surface area contributed by atoms with Crippen molar-refractivity contribution in [2.75, 3.05) is 31.9 Å². The normalized spacial score (nSPS) is 15.7. The van der Waals surface area contributed by atoms with Gasteiger partial charge in [0.2, 0.25) is 5.91 Å². The second kappa shape index (κ2) is 6.56. The van der Waals surface area contributed by atoms with Crippen molar-refractivity contribution >= 4 is 17.5 Å². The maximum Gasteiger partial charge on any atom is 0.256 e. The molecule has 114 valence electrons. The third kappa shape index (κ3) is 3.32. The summed E-state index contributed by atoms with van der Waals surface area (Å²) in [5.74, 6) is -0.772. The predicted octanol–water partition coefficient (Wildman–Crippen LogP) is 1.49. The molecule has 0 bridgehead atoms. The van der Waals surface area contributed by atoms with E-state index in [0.29, 0.717) is 39.0 Å². The maximum absolute atomic E-state index is 13.5. The second-order valence-electron chi connectivity index (χ2n) is 5.08. The molecular weight excluding hydrogens is 273 g/mol. The summed E-state index contributed by atoms with van der Waals surface area (Å²) in [6, 6.07) is 4.24. The van der Waals surface area contributed by atoms with E-state index in [0.717, 1.165) is 0 Å². The minimum Gasteiger partial charge on any atom is -0.396 e. The van der Waals surface area contributed by atoms with Crippen LogP contribution < -0.4 is 5.73 Å². The van der Waals surface area contributed by atoms with Gasteiger partial charge in [0, 0.05) is 32.6 Å². The summed E-state index contributed by atoms with van der Waals surface area (Å²) in [5.41, 5.74) is 5.71. The van der Waals surface area contributed by atoms with Crippen LogP contribution in [0.5, 0.6) is 0 Å². The Balaban J connectivity index is 2.10. The molecule has 2 rings (SSSR count). The highest BCUT2D eigenvalue weighted by molar-refractivity contribution is 5.99. The SMILES string of the molecule is CCC(=O)N1CCCN(C(=O)c2cccc(F)c2N)CC1. The average Bonchev–Trinajstić information content (AvgIpc) is 2.74. The highest BCUT2D eigenvalue weighted by Gasteiger charge is 2.23. The van der Waals surface area contributed by atoms with Crippen LogP contribution in [0, 0.1) is 5.82 Å². The number of nitrogens with two attached hydrogens (primary N) is 1. The van der Waals surface area contributed by atoms with Gasteiger partial charge in [0.25, 0.3) is 5.91 Å². The number of para-hydroxylation sites is 1. The van der Waals surface area contributed by atoms with Crippen LogP contribution in [0.15, 0.2) is 18.2 Å². The third-order valence-electron chi connectivity index (χ3n) is 3.72. The molecule has 0 unspecified atom stereocenters. The van der Waals surface area contributed by atoms with Gasteiger partial charge < -0.3 is 15.5 Å². The van der Waals surface area contributed by atoms with Crippen molar-refractivity contribution in [3.8, 4) is 0 Å². The lowest BCUT2D eigenvalue weighted by molar-refractivity contribution is -0.130. The molecule has 1 saturated heterocycles. The summed E-state index contributed by atoms with van der Waals surface area (Å²) < 4.78 is 13.5. The molecule has 1 fully saturated rings. The molecule has 5 nitrogen and oxygen atoms in total. The number of carbonyl (C=O) groups excluding carboxylic acids is 2. The molecule has 1 aliphatic heterocycles. The second-order valence-corrected chi connectivity index (χ2v) is 5.08. The molecular formula is C15H20FN3O2. The molecule has 2 N–H and O–H groups in total. The van der Waals surface area contributed by atoms with Gasteiger partial charge in [0.1, 0.15) is 5.82 Å². The van der Waals surface area contributed by atoms with Crippen molar-refractivity contribution < 1.29 is 14.0 Å². The van der Waals surface area contributed by atoms with Crippen molar-refractivity contribution in [2.45, 2.75) is 19.8 Å². The van der Waals surface area contributed by atoms with Crippen molar-refractivity contribution in [2.24, 2.45) is 0 Å². The van der Waals surface area contributed by atoms with E-state index in [1.807, 2.05) is 6.92 Å². The van der Waals surface area contributed by atoms with Crippen LogP contribution in [0.2, 0.25) is 0 Å². The van der Waals surface area contributed by atoms with Gasteiger partial charge >= 0.3 is 0 Å². The number of hydrogen-bond donors (Lipinski definition) is 1. The van der Waals surface area contributed by atoms with Gasteiger partial charge in [-0.3, -0.25) is 9.59 Å². The summed E-state index contributed by atoms with van der Waals surface area (Å²) in [6.07, 6.45) is 1.18. The van der Waals surface area contributed by atoms with E-state index in [1.54, 1.807) is 9.80 Å². The van der Waals surface area contributed by atoms with E-state index >= 15 is 0 Å². The lowest BCUT2D eigenvalue weighted by atomic mass is 10.1. The molecule has 0 spiro atoms. The Morgan fingerprint density at radius 1 is 1.19 bits per heavy atom. The van der Waals surface area contributed by atoms with Gasteiger partial charge in [0.15, 0.2) is 0 Å². The van der Waals surface area contributed by atoms with Crippen molar-refractivity contribution in [3.63, 3.8) is 0 Å². The van der Waals surface area contributed by atoms with Gasteiger partial charge in [-0.05, 0) is 18.6 Å². The molecule has 0 aromatic heterocycles. The molecule has 1 heterocycles. The topological polar surface area (TPSA) is 66.6 Å². The van der Waals surface area contributed by atoms with Crippen LogP contribution in [0.25, 0.3) is 0 Å². The fourth-order valence-corrected chi connectivity index (χ4v) is 2.49. The highest BCUT2D eigenvalue weighted by Crippen LogP contribution is 2.18. The largest absolute Gasteiger partial charge is 0.396 e. The van der Waals surface area contributed by atoms with E-state index in [1.165, 1.54) is 18.2 Å². The molecule has 2 amide bonds. The Bertz CT molecular complexity index is 548. The fourth-order valence-electron chi connectivity index (χ4n) is 2.49. The first-order chi connectivity index (χ1) is 10.0. The van der Waals surface area contributed by atoms with E-state index in [9.17, 15) is 14.0 Å². The summed E-state index contributed by atoms with van der Waals surface area (Å²) in [6.45, 7) is 3.97. The van der Waals surface area contributed by atoms with E-state index in [2.05, 4.69) is 0 Å². The van der Waals surface area contributed by atoms with Crippen LogP contribution in [0.3, 0.4) is 0 Å². The minimum absolute atomic E-state index is 0.0922. The Hall–Kier alpha value is -2.11. The summed E-state index contributed by atoms with van der Waals surface area (Å²) in [4.78, 5) is 27.6. The van der Waals surface area contributed by atoms with Crippen LogP contribution >= 0.6 is 0 Å². The van der Waals surface area contributed by atoms with Gasteiger partial charge in [-0.2, -0.15) is 0 Å². The number of halogens is 1. The number of nitrogens with zero attached hydrogens (tertiary/aromatic N) is 2. The number of benzene rings is 1. The summed E-state index contributed by atoms with van der Waals surface area (Å²) in [5, 5.41) is 0. The molecule has 0 atom stereocenters. The van der Waals surface area contributed by atoms with E-state index in [4.69, 9.17) is 5.73 Å². The predicted molar refractivity (Wildman–Crippen MR) is 78.2 cm³/mol. The first-order valence-corrected chi connectivity index (χ1v) is 7.15. The molecule has 0 saturated carbocycles. The zero-order chi connectivity index (χ0) is 15.4. The first kappa shape index (κ1) is 15.3. The van der Waals surface area contributed by atoms with Gasteiger partial charge in [-0.15, -0.1) is 0 Å². The van der Waals surface area contributed by atoms with E-state index < -0.39 is 5.82 Å². The molecule has 0 radical (unpaired) electrons. The zero-order valence-corrected chi connectivity index (χ0v) is 12.1. The fraction of sp³-hybridized carbons (Fsp3) is 0.467. The van der Waals surface area contributed by atoms with Crippen LogP contribution in [0.4, 0.5) is 10.1 Å².